The molecular weight excluding hydrogens is 414 g/mol. The molecule has 2 saturated carbocycles. The molecule has 3 fully saturated rings. The van der Waals surface area contributed by atoms with E-state index in [0.29, 0.717) is 0 Å². The van der Waals surface area contributed by atoms with E-state index < -0.39 is 0 Å². The molecule has 200 valence electrons. The van der Waals surface area contributed by atoms with Crippen molar-refractivity contribution in [1.29, 1.82) is 0 Å². The molecule has 2 aliphatic carbocycles. The van der Waals surface area contributed by atoms with Gasteiger partial charge in [-0.3, -0.25) is 0 Å². The predicted octanol–water partition coefficient (Wildman–Crippen LogP) is 8.19. The van der Waals surface area contributed by atoms with Crippen molar-refractivity contribution >= 4 is 0 Å². The smallest absolute Gasteiger partial charge is 0.216 e. The van der Waals surface area contributed by atoms with Crippen molar-refractivity contribution in [2.45, 2.75) is 155 Å². The Bertz CT molecular complexity index is 483. The molecule has 0 aromatic heterocycles. The van der Waals surface area contributed by atoms with Crippen molar-refractivity contribution in [3.63, 3.8) is 0 Å². The highest BCUT2D eigenvalue weighted by Gasteiger charge is 2.60. The Morgan fingerprint density at radius 1 is 0.441 bits per heavy atom. The fourth-order valence-corrected chi connectivity index (χ4v) is 8.60. The first-order valence-electron chi connectivity index (χ1n) is 16.1. The molecule has 1 heterocycles. The third-order valence-corrected chi connectivity index (χ3v) is 10.3. The lowest BCUT2D eigenvalue weighted by atomic mass is 9.85. The largest absolute Gasteiger partial charge is 0.231 e. The van der Waals surface area contributed by atoms with E-state index in [-0.39, 0.29) is 0 Å². The molecule has 1 saturated heterocycles. The van der Waals surface area contributed by atoms with E-state index in [4.69, 9.17) is 0 Å². The van der Waals surface area contributed by atoms with Gasteiger partial charge in [-0.1, -0.05) is 66.2 Å². The van der Waals surface area contributed by atoms with E-state index in [0.717, 1.165) is 12.1 Å². The summed E-state index contributed by atoms with van der Waals surface area (Å²) in [4.78, 5) is 0. The minimum absolute atomic E-state index is 0.957. The van der Waals surface area contributed by atoms with E-state index in [1.807, 2.05) is 0 Å². The molecule has 0 aromatic rings. The molecule has 1 aliphatic heterocycles. The third kappa shape index (κ3) is 7.00. The quantitative estimate of drug-likeness (QED) is 0.221. The molecule has 0 amide bonds. The average Bonchev–Trinajstić information content (AvgIpc) is 2.89. The van der Waals surface area contributed by atoms with Crippen LogP contribution < -0.4 is 0 Å². The predicted molar refractivity (Wildman–Crippen MR) is 148 cm³/mol. The number of nitrogens with zero attached hydrogens (tertiary/aromatic N) is 3. The van der Waals surface area contributed by atoms with Gasteiger partial charge in [0.25, 0.3) is 0 Å². The Morgan fingerprint density at radius 2 is 0.765 bits per heavy atom. The highest BCUT2D eigenvalue weighted by atomic mass is 15.7. The summed E-state index contributed by atoms with van der Waals surface area (Å²) in [5, 5.41) is 0. The standard InChI is InChI=1S/C31H64N3/c1-5-9-23-32(24-10-6-2)27-33(25-11-7-3,26-12-8-4)29-34(28-32,30-19-15-13-16-20-30)31-21-17-14-18-22-31/h30-31H,5-29H2,1-4H3/q+3. The van der Waals surface area contributed by atoms with Crippen LogP contribution in [0.1, 0.15) is 143 Å². The summed E-state index contributed by atoms with van der Waals surface area (Å²) in [6.45, 7) is 20.0. The van der Waals surface area contributed by atoms with Crippen molar-refractivity contribution in [3.05, 3.63) is 0 Å². The lowest BCUT2D eigenvalue weighted by molar-refractivity contribution is -1.28. The highest BCUT2D eigenvalue weighted by Crippen LogP contribution is 2.43. The van der Waals surface area contributed by atoms with Gasteiger partial charge in [0.15, 0.2) is 0 Å². The molecule has 34 heavy (non-hydrogen) atoms. The molecule has 0 bridgehead atoms. The monoisotopic (exact) mass is 479 g/mol. The summed E-state index contributed by atoms with van der Waals surface area (Å²) in [7, 11) is 0. The van der Waals surface area contributed by atoms with Crippen LogP contribution in [0, 0.1) is 0 Å². The van der Waals surface area contributed by atoms with E-state index in [1.165, 1.54) is 171 Å². The Morgan fingerprint density at radius 3 is 1.06 bits per heavy atom. The fraction of sp³-hybridized carbons (Fsp3) is 1.00. The van der Waals surface area contributed by atoms with Crippen LogP contribution in [-0.4, -0.2) is 71.7 Å². The zero-order valence-corrected chi connectivity index (χ0v) is 24.2. The maximum Gasteiger partial charge on any atom is 0.216 e. The summed E-state index contributed by atoms with van der Waals surface area (Å²) >= 11 is 0. The van der Waals surface area contributed by atoms with Gasteiger partial charge in [-0.05, 0) is 77.0 Å². The van der Waals surface area contributed by atoms with Crippen molar-refractivity contribution in [2.24, 2.45) is 0 Å². The summed E-state index contributed by atoms with van der Waals surface area (Å²) in [6.07, 6.45) is 26.3. The molecule has 0 radical (unpaired) electrons. The highest BCUT2D eigenvalue weighted by molar-refractivity contribution is 4.75. The minimum Gasteiger partial charge on any atom is -0.231 e. The molecule has 0 atom stereocenters. The maximum absolute atomic E-state index is 2.43. The fourth-order valence-electron chi connectivity index (χ4n) is 8.60. The lowest BCUT2D eigenvalue weighted by Gasteiger charge is -2.62. The van der Waals surface area contributed by atoms with Crippen molar-refractivity contribution in [1.82, 2.24) is 0 Å². The topological polar surface area (TPSA) is 0 Å². The second-order valence-electron chi connectivity index (χ2n) is 13.1. The van der Waals surface area contributed by atoms with Gasteiger partial charge in [-0.15, -0.1) is 0 Å². The number of quaternary nitrogens is 3. The van der Waals surface area contributed by atoms with Crippen LogP contribution >= 0.6 is 0 Å². The normalized spacial score (nSPS) is 25.4. The molecule has 0 unspecified atom stereocenters. The van der Waals surface area contributed by atoms with Gasteiger partial charge in [0.2, 0.25) is 20.0 Å². The summed E-state index contributed by atoms with van der Waals surface area (Å²) < 4.78 is 4.46. The molecular formula is C31H64N3+3. The Balaban J connectivity index is 2.08. The van der Waals surface area contributed by atoms with Crippen molar-refractivity contribution < 1.29 is 13.4 Å². The maximum atomic E-state index is 2.43. The molecule has 0 aromatic carbocycles. The van der Waals surface area contributed by atoms with Crippen molar-refractivity contribution in [3.8, 4) is 0 Å². The molecule has 0 spiro atoms. The van der Waals surface area contributed by atoms with Gasteiger partial charge in [-0.2, -0.15) is 0 Å². The summed E-state index contributed by atoms with van der Waals surface area (Å²) in [5.41, 5.74) is 0. The second kappa shape index (κ2) is 14.0. The number of rotatable bonds is 14. The Hall–Kier alpha value is -0.120. The van der Waals surface area contributed by atoms with Gasteiger partial charge in [0.1, 0.15) is 0 Å². The zero-order chi connectivity index (χ0) is 24.3. The van der Waals surface area contributed by atoms with Gasteiger partial charge in [-0.25, -0.2) is 13.4 Å². The number of unbranched alkanes of at least 4 members (excludes halogenated alkanes) is 4. The Labute approximate surface area is 215 Å². The molecule has 3 heteroatoms. The van der Waals surface area contributed by atoms with Crippen LogP contribution in [0.15, 0.2) is 0 Å². The third-order valence-electron chi connectivity index (χ3n) is 10.3. The number of hydrogen-bond acceptors (Lipinski definition) is 0. The van der Waals surface area contributed by atoms with Crippen LogP contribution in [0.4, 0.5) is 0 Å². The molecule has 3 nitrogen and oxygen atoms in total. The second-order valence-corrected chi connectivity index (χ2v) is 13.1. The molecule has 3 rings (SSSR count). The van der Waals surface area contributed by atoms with Crippen LogP contribution in [0.3, 0.4) is 0 Å². The van der Waals surface area contributed by atoms with E-state index in [9.17, 15) is 0 Å². The molecule has 0 N–H and O–H groups in total. The van der Waals surface area contributed by atoms with Gasteiger partial charge >= 0.3 is 0 Å². The molecule has 3 aliphatic rings. The van der Waals surface area contributed by atoms with E-state index in [1.54, 1.807) is 4.48 Å². The first-order valence-corrected chi connectivity index (χ1v) is 16.1. The Kier molecular flexibility index (Phi) is 11.7. The average molecular weight is 479 g/mol. The minimum atomic E-state index is 0.957. The lowest BCUT2D eigenvalue weighted by Crippen LogP contribution is -2.83. The SMILES string of the molecule is CCCC[N+]1(CCCC)C[N+](CCCC)(CCCC)C[N+](C2CCCCC2)(C2CCCCC2)C1. The van der Waals surface area contributed by atoms with Gasteiger partial charge in [0, 0.05) is 0 Å². The summed E-state index contributed by atoms with van der Waals surface area (Å²) in [5.74, 6) is 0. The van der Waals surface area contributed by atoms with Gasteiger partial charge in [0.05, 0.1) is 38.3 Å². The summed E-state index contributed by atoms with van der Waals surface area (Å²) in [6, 6.07) is 1.91. The van der Waals surface area contributed by atoms with E-state index >= 15 is 0 Å². The zero-order valence-electron chi connectivity index (χ0n) is 24.2. The first-order chi connectivity index (χ1) is 16.6. The first kappa shape index (κ1) is 28.5. The van der Waals surface area contributed by atoms with E-state index in [2.05, 4.69) is 27.7 Å². The number of hydrogen-bond donors (Lipinski definition) is 0. The van der Waals surface area contributed by atoms with Crippen LogP contribution in [0.2, 0.25) is 0 Å². The van der Waals surface area contributed by atoms with Gasteiger partial charge < -0.3 is 0 Å². The van der Waals surface area contributed by atoms with Crippen LogP contribution in [0.5, 0.6) is 0 Å². The van der Waals surface area contributed by atoms with Crippen LogP contribution in [-0.2, 0) is 0 Å². The van der Waals surface area contributed by atoms with Crippen LogP contribution in [0.25, 0.3) is 0 Å². The van der Waals surface area contributed by atoms with Crippen molar-refractivity contribution in [2.75, 3.05) is 46.2 Å².